The van der Waals surface area contributed by atoms with Gasteiger partial charge in [-0.3, -0.25) is 0 Å². The number of ether oxygens (including phenoxy) is 1. The smallest absolute Gasteiger partial charge is 0.218 e. The van der Waals surface area contributed by atoms with E-state index in [9.17, 15) is 0 Å². The van der Waals surface area contributed by atoms with Crippen molar-refractivity contribution in [2.75, 3.05) is 0 Å². The second-order valence-corrected chi connectivity index (χ2v) is 5.12. The Morgan fingerprint density at radius 2 is 2.12 bits per heavy atom. The molecule has 1 aliphatic heterocycles. The highest BCUT2D eigenvalue weighted by molar-refractivity contribution is 6.33. The molecular formula is C13H15ClN2O. The number of hydrogen-bond donors (Lipinski definition) is 1. The number of halogens is 1. The Kier molecular flexibility index (Phi) is 2.81. The Balaban J connectivity index is 1.85. The second kappa shape index (κ2) is 4.31. The van der Waals surface area contributed by atoms with E-state index in [0.717, 1.165) is 24.8 Å². The van der Waals surface area contributed by atoms with Crippen molar-refractivity contribution in [1.29, 1.82) is 0 Å². The minimum atomic E-state index is 0.144. The summed E-state index contributed by atoms with van der Waals surface area (Å²) in [5.41, 5.74) is 6.83. The van der Waals surface area contributed by atoms with Gasteiger partial charge in [0.2, 0.25) is 5.90 Å². The summed E-state index contributed by atoms with van der Waals surface area (Å²) in [6, 6.07) is 8.16. The van der Waals surface area contributed by atoms with Crippen LogP contribution in [-0.2, 0) is 4.74 Å². The van der Waals surface area contributed by atoms with E-state index in [4.69, 9.17) is 22.1 Å². The van der Waals surface area contributed by atoms with Crippen molar-refractivity contribution in [2.24, 2.45) is 10.7 Å². The van der Waals surface area contributed by atoms with Crippen molar-refractivity contribution in [2.45, 2.75) is 37.5 Å². The highest BCUT2D eigenvalue weighted by Gasteiger charge is 2.36. The molecule has 1 saturated carbocycles. The predicted molar refractivity (Wildman–Crippen MR) is 68.5 cm³/mol. The number of rotatable bonds is 1. The molecule has 1 heterocycles. The molecule has 0 amide bonds. The van der Waals surface area contributed by atoms with E-state index >= 15 is 0 Å². The zero-order chi connectivity index (χ0) is 11.8. The fourth-order valence-electron chi connectivity index (χ4n) is 2.51. The monoisotopic (exact) mass is 250 g/mol. The lowest BCUT2D eigenvalue weighted by atomic mass is 9.90. The van der Waals surface area contributed by atoms with Crippen LogP contribution in [0.4, 0.5) is 0 Å². The van der Waals surface area contributed by atoms with E-state index in [-0.39, 0.29) is 18.2 Å². The van der Waals surface area contributed by atoms with Gasteiger partial charge in [0, 0.05) is 12.5 Å². The van der Waals surface area contributed by atoms with E-state index in [0.29, 0.717) is 10.9 Å². The zero-order valence-corrected chi connectivity index (χ0v) is 10.2. The van der Waals surface area contributed by atoms with Crippen molar-refractivity contribution in [3.63, 3.8) is 0 Å². The highest BCUT2D eigenvalue weighted by atomic mass is 35.5. The molecule has 90 valence electrons. The SMILES string of the molecule is NC1CCC2N=C(c3ccccc3Cl)OC2C1. The Bertz CT molecular complexity index is 460. The third kappa shape index (κ3) is 2.05. The molecule has 1 aromatic carbocycles. The van der Waals surface area contributed by atoms with Gasteiger partial charge in [0.25, 0.3) is 0 Å². The third-order valence-electron chi connectivity index (χ3n) is 3.45. The van der Waals surface area contributed by atoms with Crippen molar-refractivity contribution in [3.05, 3.63) is 34.9 Å². The predicted octanol–water partition coefficient (Wildman–Crippen LogP) is 2.37. The second-order valence-electron chi connectivity index (χ2n) is 4.71. The van der Waals surface area contributed by atoms with Crippen LogP contribution in [0.15, 0.2) is 29.3 Å². The summed E-state index contributed by atoms with van der Waals surface area (Å²) >= 11 is 6.14. The maximum absolute atomic E-state index is 6.14. The van der Waals surface area contributed by atoms with Crippen LogP contribution in [0.2, 0.25) is 5.02 Å². The summed E-state index contributed by atoms with van der Waals surface area (Å²) in [7, 11) is 0. The molecule has 3 nitrogen and oxygen atoms in total. The number of nitrogens with zero attached hydrogens (tertiary/aromatic N) is 1. The fraction of sp³-hybridized carbons (Fsp3) is 0.462. The van der Waals surface area contributed by atoms with Crippen molar-refractivity contribution in [3.8, 4) is 0 Å². The molecule has 0 radical (unpaired) electrons. The van der Waals surface area contributed by atoms with Gasteiger partial charge in [-0.05, 0) is 25.0 Å². The summed E-state index contributed by atoms with van der Waals surface area (Å²) in [4.78, 5) is 4.63. The minimum Gasteiger partial charge on any atom is -0.472 e. The molecule has 0 aromatic heterocycles. The maximum atomic E-state index is 6.14. The molecule has 17 heavy (non-hydrogen) atoms. The minimum absolute atomic E-state index is 0.144. The number of nitrogens with two attached hydrogens (primary N) is 1. The number of hydrogen-bond acceptors (Lipinski definition) is 3. The summed E-state index contributed by atoms with van der Waals surface area (Å²) in [6.07, 6.45) is 3.08. The van der Waals surface area contributed by atoms with E-state index in [1.54, 1.807) is 0 Å². The summed E-state index contributed by atoms with van der Waals surface area (Å²) in [6.45, 7) is 0. The molecule has 1 aliphatic carbocycles. The first-order valence-electron chi connectivity index (χ1n) is 5.99. The molecule has 0 spiro atoms. The largest absolute Gasteiger partial charge is 0.472 e. The molecule has 2 N–H and O–H groups in total. The van der Waals surface area contributed by atoms with Crippen LogP contribution in [0.5, 0.6) is 0 Å². The summed E-state index contributed by atoms with van der Waals surface area (Å²) in [5, 5.41) is 0.689. The molecule has 2 aliphatic rings. The van der Waals surface area contributed by atoms with Crippen LogP contribution in [0.25, 0.3) is 0 Å². The lowest BCUT2D eigenvalue weighted by molar-refractivity contribution is 0.142. The van der Waals surface area contributed by atoms with E-state index in [2.05, 4.69) is 4.99 Å². The Labute approximate surface area is 106 Å². The lowest BCUT2D eigenvalue weighted by Crippen LogP contribution is -2.37. The first-order chi connectivity index (χ1) is 8.24. The number of aliphatic imine (C=N–C) groups is 1. The van der Waals surface area contributed by atoms with Crippen molar-refractivity contribution >= 4 is 17.5 Å². The van der Waals surface area contributed by atoms with Gasteiger partial charge in [0.1, 0.15) is 6.10 Å². The zero-order valence-electron chi connectivity index (χ0n) is 9.47. The third-order valence-corrected chi connectivity index (χ3v) is 3.78. The van der Waals surface area contributed by atoms with Gasteiger partial charge in [0.05, 0.1) is 16.6 Å². The van der Waals surface area contributed by atoms with Gasteiger partial charge in [-0.15, -0.1) is 0 Å². The van der Waals surface area contributed by atoms with Gasteiger partial charge in [0.15, 0.2) is 0 Å². The highest BCUT2D eigenvalue weighted by Crippen LogP contribution is 2.31. The molecular weight excluding hydrogens is 236 g/mol. The van der Waals surface area contributed by atoms with E-state index in [1.165, 1.54) is 0 Å². The topological polar surface area (TPSA) is 47.6 Å². The van der Waals surface area contributed by atoms with Crippen molar-refractivity contribution in [1.82, 2.24) is 0 Å². The maximum Gasteiger partial charge on any atom is 0.218 e. The van der Waals surface area contributed by atoms with Gasteiger partial charge in [-0.1, -0.05) is 23.7 Å². The van der Waals surface area contributed by atoms with Gasteiger partial charge in [-0.2, -0.15) is 0 Å². The molecule has 3 rings (SSSR count). The van der Waals surface area contributed by atoms with Gasteiger partial charge >= 0.3 is 0 Å². The fourth-order valence-corrected chi connectivity index (χ4v) is 2.73. The molecule has 0 bridgehead atoms. The molecule has 1 fully saturated rings. The summed E-state index contributed by atoms with van der Waals surface area (Å²) in [5.74, 6) is 0.680. The lowest BCUT2D eigenvalue weighted by Gasteiger charge is -2.26. The first kappa shape index (κ1) is 11.1. The first-order valence-corrected chi connectivity index (χ1v) is 6.37. The van der Waals surface area contributed by atoms with Crippen LogP contribution in [0.3, 0.4) is 0 Å². The average Bonchev–Trinajstić information content (AvgIpc) is 2.72. The Hall–Kier alpha value is -1.06. The van der Waals surface area contributed by atoms with Crippen LogP contribution in [0, 0.1) is 0 Å². The van der Waals surface area contributed by atoms with Crippen LogP contribution in [-0.4, -0.2) is 24.1 Å². The molecule has 3 unspecified atom stereocenters. The van der Waals surface area contributed by atoms with E-state index < -0.39 is 0 Å². The normalized spacial score (nSPS) is 31.6. The molecule has 1 aromatic rings. The average molecular weight is 251 g/mol. The standard InChI is InChI=1S/C13H15ClN2O/c14-10-4-2-1-3-9(10)13-16-11-6-5-8(15)7-12(11)17-13/h1-4,8,11-12H,5-7,15H2. The Morgan fingerprint density at radius 3 is 2.94 bits per heavy atom. The number of fused-ring (bicyclic) bond motifs is 1. The quantitative estimate of drug-likeness (QED) is 0.832. The van der Waals surface area contributed by atoms with Crippen LogP contribution < -0.4 is 5.73 Å². The van der Waals surface area contributed by atoms with Crippen LogP contribution >= 0.6 is 11.6 Å². The molecule has 3 atom stereocenters. The van der Waals surface area contributed by atoms with Gasteiger partial charge in [-0.25, -0.2) is 4.99 Å². The molecule has 0 saturated heterocycles. The molecule has 4 heteroatoms. The van der Waals surface area contributed by atoms with Gasteiger partial charge < -0.3 is 10.5 Å². The van der Waals surface area contributed by atoms with Crippen molar-refractivity contribution < 1.29 is 4.74 Å². The Morgan fingerprint density at radius 1 is 1.29 bits per heavy atom. The van der Waals surface area contributed by atoms with Crippen LogP contribution in [0.1, 0.15) is 24.8 Å². The number of benzene rings is 1. The van der Waals surface area contributed by atoms with E-state index in [1.807, 2.05) is 24.3 Å². The summed E-state index contributed by atoms with van der Waals surface area (Å²) < 4.78 is 5.89.